The van der Waals surface area contributed by atoms with Gasteiger partial charge in [-0.3, -0.25) is 9.13 Å². The van der Waals surface area contributed by atoms with Crippen LogP contribution in [0.15, 0.2) is 59.7 Å². The van der Waals surface area contributed by atoms with Gasteiger partial charge in [-0.15, -0.1) is 0 Å². The largest absolute Gasteiger partial charge is 0.328 e. The van der Waals surface area contributed by atoms with Gasteiger partial charge in [0, 0.05) is 18.4 Å². The molecule has 0 aliphatic rings. The minimum absolute atomic E-state index is 0.0490. The Morgan fingerprint density at radius 1 is 1.00 bits per heavy atom. The van der Waals surface area contributed by atoms with Gasteiger partial charge in [-0.2, -0.15) is 0 Å². The molecular weight excluding hydrogens is 248 g/mol. The molecule has 0 unspecified atom stereocenters. The van der Waals surface area contributed by atoms with Crippen LogP contribution < -0.4 is 5.69 Å². The average Bonchev–Trinajstić information content (AvgIpc) is 2.81. The summed E-state index contributed by atoms with van der Waals surface area (Å²) < 4.78 is 3.52. The third-order valence-electron chi connectivity index (χ3n) is 3.65. The molecule has 3 rings (SSSR count). The van der Waals surface area contributed by atoms with Gasteiger partial charge in [0.05, 0.1) is 6.54 Å². The van der Waals surface area contributed by atoms with Crippen LogP contribution >= 0.6 is 0 Å². The van der Waals surface area contributed by atoms with E-state index in [0.29, 0.717) is 6.54 Å². The number of hydrogen-bond acceptors (Lipinski definition) is 1. The molecule has 102 valence electrons. The molecule has 0 amide bonds. The Labute approximate surface area is 118 Å². The van der Waals surface area contributed by atoms with Gasteiger partial charge in [-0.1, -0.05) is 42.5 Å². The first-order chi connectivity index (χ1) is 9.66. The van der Waals surface area contributed by atoms with E-state index >= 15 is 0 Å². The van der Waals surface area contributed by atoms with Crippen molar-refractivity contribution >= 4 is 10.8 Å². The molecule has 0 radical (unpaired) electrons. The zero-order valence-corrected chi connectivity index (χ0v) is 11.8. The summed E-state index contributed by atoms with van der Waals surface area (Å²) in [5.41, 5.74) is 1.22. The van der Waals surface area contributed by atoms with E-state index in [-0.39, 0.29) is 11.7 Å². The first-order valence-corrected chi connectivity index (χ1v) is 6.91. The molecule has 0 N–H and O–H groups in total. The van der Waals surface area contributed by atoms with E-state index in [0.717, 1.165) is 0 Å². The molecule has 0 fully saturated rings. The van der Waals surface area contributed by atoms with E-state index in [1.165, 1.54) is 16.3 Å². The maximum atomic E-state index is 12.3. The maximum absolute atomic E-state index is 12.3. The normalized spacial score (nSPS) is 11.3. The highest BCUT2D eigenvalue weighted by Gasteiger charge is 2.08. The molecule has 1 aromatic heterocycles. The van der Waals surface area contributed by atoms with E-state index in [4.69, 9.17) is 0 Å². The van der Waals surface area contributed by atoms with Crippen molar-refractivity contribution in [3.8, 4) is 0 Å². The Balaban J connectivity index is 2.04. The van der Waals surface area contributed by atoms with Gasteiger partial charge in [0.25, 0.3) is 0 Å². The molecule has 0 saturated heterocycles. The van der Waals surface area contributed by atoms with Crippen LogP contribution in [0.4, 0.5) is 0 Å². The van der Waals surface area contributed by atoms with Gasteiger partial charge in [-0.25, -0.2) is 4.79 Å². The molecule has 3 aromatic rings. The smallest absolute Gasteiger partial charge is 0.297 e. The Kier molecular flexibility index (Phi) is 3.18. The fourth-order valence-electron chi connectivity index (χ4n) is 2.56. The highest BCUT2D eigenvalue weighted by atomic mass is 16.1. The summed E-state index contributed by atoms with van der Waals surface area (Å²) >= 11 is 0. The van der Waals surface area contributed by atoms with Crippen LogP contribution in [0.2, 0.25) is 0 Å². The lowest BCUT2D eigenvalue weighted by Gasteiger charge is -2.08. The second-order valence-corrected chi connectivity index (χ2v) is 5.35. The number of hydrogen-bond donors (Lipinski definition) is 0. The van der Waals surface area contributed by atoms with Crippen molar-refractivity contribution in [3.05, 3.63) is 70.9 Å². The first-order valence-electron chi connectivity index (χ1n) is 6.91. The molecule has 0 atom stereocenters. The van der Waals surface area contributed by atoms with Crippen LogP contribution in [0.5, 0.6) is 0 Å². The molecule has 0 spiro atoms. The SMILES string of the molecule is CC(C)n1ccn(Cc2cccc3ccccc23)c1=O. The minimum Gasteiger partial charge on any atom is -0.297 e. The van der Waals surface area contributed by atoms with Crippen molar-refractivity contribution < 1.29 is 0 Å². The summed E-state index contributed by atoms with van der Waals surface area (Å²) in [4.78, 5) is 12.3. The third kappa shape index (κ3) is 2.16. The van der Waals surface area contributed by atoms with Crippen LogP contribution in [0.1, 0.15) is 25.5 Å². The van der Waals surface area contributed by atoms with Gasteiger partial charge < -0.3 is 0 Å². The van der Waals surface area contributed by atoms with Crippen LogP contribution in [-0.4, -0.2) is 9.13 Å². The fraction of sp³-hybridized carbons (Fsp3) is 0.235. The number of rotatable bonds is 3. The molecule has 20 heavy (non-hydrogen) atoms. The summed E-state index contributed by atoms with van der Waals surface area (Å²) in [5.74, 6) is 0. The lowest BCUT2D eigenvalue weighted by atomic mass is 10.0. The predicted molar refractivity (Wildman–Crippen MR) is 82.1 cm³/mol. The summed E-state index contributed by atoms with van der Waals surface area (Å²) in [5, 5.41) is 2.42. The summed E-state index contributed by atoms with van der Waals surface area (Å²) in [6, 6.07) is 14.7. The van der Waals surface area contributed by atoms with Crippen molar-refractivity contribution in [2.75, 3.05) is 0 Å². The molecule has 0 aliphatic heterocycles. The topological polar surface area (TPSA) is 26.9 Å². The molecule has 2 aromatic carbocycles. The van der Waals surface area contributed by atoms with Gasteiger partial charge in [-0.05, 0) is 30.2 Å². The van der Waals surface area contributed by atoms with Gasteiger partial charge in [0.2, 0.25) is 0 Å². The van der Waals surface area contributed by atoms with Crippen LogP contribution in [0, 0.1) is 0 Å². The van der Waals surface area contributed by atoms with Gasteiger partial charge in [0.15, 0.2) is 0 Å². The molecule has 3 heteroatoms. The number of benzene rings is 2. The second kappa shape index (κ2) is 5.00. The first kappa shape index (κ1) is 12.7. The van der Waals surface area contributed by atoms with Crippen molar-refractivity contribution in [1.82, 2.24) is 9.13 Å². The number of fused-ring (bicyclic) bond motifs is 1. The second-order valence-electron chi connectivity index (χ2n) is 5.35. The minimum atomic E-state index is 0.0490. The van der Waals surface area contributed by atoms with Crippen LogP contribution in [0.25, 0.3) is 10.8 Å². The summed E-state index contributed by atoms with van der Waals surface area (Å²) in [7, 11) is 0. The zero-order chi connectivity index (χ0) is 14.1. The van der Waals surface area contributed by atoms with E-state index in [9.17, 15) is 4.79 Å². The van der Waals surface area contributed by atoms with Crippen molar-refractivity contribution in [2.45, 2.75) is 26.4 Å². The number of nitrogens with zero attached hydrogens (tertiary/aromatic N) is 2. The third-order valence-corrected chi connectivity index (χ3v) is 3.65. The highest BCUT2D eigenvalue weighted by Crippen LogP contribution is 2.19. The summed E-state index contributed by atoms with van der Waals surface area (Å²) in [6.07, 6.45) is 3.72. The molecule has 1 heterocycles. The van der Waals surface area contributed by atoms with E-state index in [1.807, 2.05) is 44.4 Å². The van der Waals surface area contributed by atoms with Crippen LogP contribution in [-0.2, 0) is 6.54 Å². The van der Waals surface area contributed by atoms with E-state index in [1.54, 1.807) is 9.13 Å². The van der Waals surface area contributed by atoms with Crippen molar-refractivity contribution in [3.63, 3.8) is 0 Å². The Hall–Kier alpha value is -2.29. The Bertz CT molecular complexity index is 791. The number of imidazole rings is 1. The quantitative estimate of drug-likeness (QED) is 0.713. The summed E-state index contributed by atoms with van der Waals surface area (Å²) in [6.45, 7) is 4.65. The molecular formula is C17H18N2O. The Morgan fingerprint density at radius 2 is 1.75 bits per heavy atom. The standard InChI is InChI=1S/C17H18N2O/c1-13(2)19-11-10-18(17(19)20)12-15-8-5-7-14-6-3-4-9-16(14)15/h3-11,13H,12H2,1-2H3. The molecule has 3 nitrogen and oxygen atoms in total. The molecule has 0 bridgehead atoms. The van der Waals surface area contributed by atoms with Crippen molar-refractivity contribution in [1.29, 1.82) is 0 Å². The fourth-order valence-corrected chi connectivity index (χ4v) is 2.56. The predicted octanol–water partition coefficient (Wildman–Crippen LogP) is 3.43. The monoisotopic (exact) mass is 266 g/mol. The zero-order valence-electron chi connectivity index (χ0n) is 11.8. The van der Waals surface area contributed by atoms with E-state index < -0.39 is 0 Å². The molecule has 0 saturated carbocycles. The lowest BCUT2D eigenvalue weighted by Crippen LogP contribution is -2.25. The lowest BCUT2D eigenvalue weighted by molar-refractivity contribution is 0.561. The van der Waals surface area contributed by atoms with Crippen molar-refractivity contribution in [2.24, 2.45) is 0 Å². The van der Waals surface area contributed by atoms with Crippen LogP contribution in [0.3, 0.4) is 0 Å². The maximum Gasteiger partial charge on any atom is 0.328 e. The average molecular weight is 266 g/mol. The Morgan fingerprint density at radius 3 is 2.50 bits per heavy atom. The highest BCUT2D eigenvalue weighted by molar-refractivity contribution is 5.85. The number of aromatic nitrogens is 2. The van der Waals surface area contributed by atoms with Gasteiger partial charge in [0.1, 0.15) is 0 Å². The molecule has 0 aliphatic carbocycles. The van der Waals surface area contributed by atoms with Gasteiger partial charge >= 0.3 is 5.69 Å². The van der Waals surface area contributed by atoms with E-state index in [2.05, 4.69) is 24.3 Å².